The van der Waals surface area contributed by atoms with Gasteiger partial charge in [0, 0.05) is 12.3 Å². The molecule has 0 unspecified atom stereocenters. The second-order valence-electron chi connectivity index (χ2n) is 6.39. The van der Waals surface area contributed by atoms with Crippen LogP contribution in [-0.4, -0.2) is 9.78 Å². The Labute approximate surface area is 129 Å². The van der Waals surface area contributed by atoms with Crippen LogP contribution in [0.3, 0.4) is 0 Å². The highest BCUT2D eigenvalue weighted by Crippen LogP contribution is 2.28. The summed E-state index contributed by atoms with van der Waals surface area (Å²) in [5, 5.41) is 4.35. The third-order valence-electron chi connectivity index (χ3n) is 4.36. The Bertz CT molecular complexity index is 427. The van der Waals surface area contributed by atoms with Crippen molar-refractivity contribution in [3.63, 3.8) is 0 Å². The molecule has 3 heteroatoms. The Hall–Kier alpha value is -1.12. The maximum absolute atomic E-state index is 12.1. The molecule has 0 atom stereocenters. The third-order valence-corrected chi connectivity index (χ3v) is 4.36. The lowest BCUT2D eigenvalue weighted by molar-refractivity contribution is 0.217. The summed E-state index contributed by atoms with van der Waals surface area (Å²) in [5.74, 6) is 0. The van der Waals surface area contributed by atoms with Gasteiger partial charge in [0.1, 0.15) is 0 Å². The van der Waals surface area contributed by atoms with Crippen LogP contribution in [0.25, 0.3) is 0 Å². The molecular weight excluding hydrogens is 260 g/mol. The normalized spacial score (nSPS) is 11.8. The van der Waals surface area contributed by atoms with E-state index in [1.807, 2.05) is 0 Å². The minimum atomic E-state index is -0.125. The fourth-order valence-electron chi connectivity index (χ4n) is 2.97. The molecule has 1 aromatic heterocycles. The maximum Gasteiger partial charge on any atom is 0.267 e. The number of nitrogens with zero attached hydrogens (tertiary/aromatic N) is 2. The van der Waals surface area contributed by atoms with Crippen LogP contribution in [0.15, 0.2) is 23.1 Å². The van der Waals surface area contributed by atoms with Crippen LogP contribution in [0.4, 0.5) is 0 Å². The van der Waals surface area contributed by atoms with E-state index < -0.39 is 0 Å². The molecule has 0 N–H and O–H groups in total. The van der Waals surface area contributed by atoms with Crippen LogP contribution in [0, 0.1) is 0 Å². The fourth-order valence-corrected chi connectivity index (χ4v) is 2.97. The summed E-state index contributed by atoms with van der Waals surface area (Å²) in [7, 11) is 0. The molecule has 21 heavy (non-hydrogen) atoms. The first-order valence-electron chi connectivity index (χ1n) is 8.69. The predicted octanol–water partition coefficient (Wildman–Crippen LogP) is 4.90. The van der Waals surface area contributed by atoms with Crippen molar-refractivity contribution in [1.82, 2.24) is 9.78 Å². The molecule has 0 aliphatic carbocycles. The van der Waals surface area contributed by atoms with Crippen molar-refractivity contribution < 1.29 is 0 Å². The van der Waals surface area contributed by atoms with Crippen LogP contribution in [0.1, 0.15) is 85.0 Å². The number of rotatable bonds is 11. The van der Waals surface area contributed by atoms with Crippen molar-refractivity contribution in [2.75, 3.05) is 0 Å². The SMILES string of the molecule is CCCCCCC(C)(CCCCCC)n1ncccc1=O. The highest BCUT2D eigenvalue weighted by atomic mass is 16.1. The third kappa shape index (κ3) is 6.03. The van der Waals surface area contributed by atoms with Crippen molar-refractivity contribution in [3.05, 3.63) is 28.7 Å². The van der Waals surface area contributed by atoms with Gasteiger partial charge in [-0.1, -0.05) is 65.2 Å². The van der Waals surface area contributed by atoms with Crippen molar-refractivity contribution in [3.8, 4) is 0 Å². The van der Waals surface area contributed by atoms with Crippen LogP contribution in [-0.2, 0) is 5.54 Å². The molecule has 120 valence electrons. The van der Waals surface area contributed by atoms with Gasteiger partial charge >= 0.3 is 0 Å². The summed E-state index contributed by atoms with van der Waals surface area (Å²) in [4.78, 5) is 12.1. The molecule has 0 aliphatic heterocycles. The summed E-state index contributed by atoms with van der Waals surface area (Å²) in [6, 6.07) is 3.36. The Morgan fingerprint density at radius 3 is 2.05 bits per heavy atom. The molecular formula is C18H32N2O. The highest BCUT2D eigenvalue weighted by molar-refractivity contribution is 4.91. The topological polar surface area (TPSA) is 34.9 Å². The molecule has 0 aromatic carbocycles. The van der Waals surface area contributed by atoms with Crippen LogP contribution < -0.4 is 5.56 Å². The molecule has 1 rings (SSSR count). The summed E-state index contributed by atoms with van der Waals surface area (Å²) in [6.45, 7) is 6.67. The summed E-state index contributed by atoms with van der Waals surface area (Å²) in [5.41, 5.74) is -0.0919. The molecule has 0 saturated heterocycles. The molecule has 0 spiro atoms. The first-order valence-corrected chi connectivity index (χ1v) is 8.69. The van der Waals surface area contributed by atoms with Gasteiger partial charge in [-0.25, -0.2) is 4.68 Å². The van der Waals surface area contributed by atoms with Gasteiger partial charge in [-0.15, -0.1) is 0 Å². The average Bonchev–Trinajstić information content (AvgIpc) is 2.49. The highest BCUT2D eigenvalue weighted by Gasteiger charge is 2.27. The van der Waals surface area contributed by atoms with Gasteiger partial charge in [-0.05, 0) is 25.8 Å². The number of hydrogen-bond donors (Lipinski definition) is 0. The molecule has 0 saturated carbocycles. The molecule has 1 heterocycles. The predicted molar refractivity (Wildman–Crippen MR) is 89.7 cm³/mol. The van der Waals surface area contributed by atoms with Crippen molar-refractivity contribution in [2.45, 2.75) is 90.5 Å². The van der Waals surface area contributed by atoms with Gasteiger partial charge < -0.3 is 0 Å². The van der Waals surface area contributed by atoms with E-state index in [2.05, 4.69) is 25.9 Å². The standard InChI is InChI=1S/C18H32N2O/c1-4-6-8-10-14-18(3,15-11-9-7-5-2)20-17(21)13-12-16-19-20/h12-13,16H,4-11,14-15H2,1-3H3. The zero-order valence-corrected chi connectivity index (χ0v) is 14.1. The molecule has 3 nitrogen and oxygen atoms in total. The fraction of sp³-hybridized carbons (Fsp3) is 0.778. The van der Waals surface area contributed by atoms with E-state index in [4.69, 9.17) is 0 Å². The van der Waals surface area contributed by atoms with Gasteiger partial charge in [0.05, 0.1) is 5.54 Å². The zero-order valence-electron chi connectivity index (χ0n) is 14.1. The van der Waals surface area contributed by atoms with E-state index in [9.17, 15) is 4.79 Å². The maximum atomic E-state index is 12.1. The number of aromatic nitrogens is 2. The average molecular weight is 292 g/mol. The summed E-state index contributed by atoms with van der Waals surface area (Å²) >= 11 is 0. The largest absolute Gasteiger partial charge is 0.268 e. The van der Waals surface area contributed by atoms with Crippen molar-refractivity contribution >= 4 is 0 Å². The van der Waals surface area contributed by atoms with E-state index in [-0.39, 0.29) is 11.1 Å². The molecule has 0 aliphatic rings. The monoisotopic (exact) mass is 292 g/mol. The summed E-state index contributed by atoms with van der Waals surface area (Å²) in [6.07, 6.45) is 13.8. The Morgan fingerprint density at radius 1 is 1.00 bits per heavy atom. The lowest BCUT2D eigenvalue weighted by Crippen LogP contribution is -2.40. The van der Waals surface area contributed by atoms with Crippen molar-refractivity contribution in [2.24, 2.45) is 0 Å². The lowest BCUT2D eigenvalue weighted by atomic mass is 9.88. The Kier molecular flexibility index (Phi) is 8.33. The van der Waals surface area contributed by atoms with Crippen LogP contribution >= 0.6 is 0 Å². The minimum absolute atomic E-state index is 0.0333. The Morgan fingerprint density at radius 2 is 1.57 bits per heavy atom. The lowest BCUT2D eigenvalue weighted by Gasteiger charge is -2.31. The second kappa shape index (κ2) is 9.75. The van der Waals surface area contributed by atoms with Crippen LogP contribution in [0.2, 0.25) is 0 Å². The Balaban J connectivity index is 2.73. The first-order chi connectivity index (χ1) is 10.1. The number of unbranched alkanes of at least 4 members (excludes halogenated alkanes) is 6. The van der Waals surface area contributed by atoms with E-state index >= 15 is 0 Å². The molecule has 0 bridgehead atoms. The smallest absolute Gasteiger partial charge is 0.267 e. The molecule has 0 fully saturated rings. The van der Waals surface area contributed by atoms with E-state index in [0.717, 1.165) is 12.8 Å². The van der Waals surface area contributed by atoms with E-state index in [0.29, 0.717) is 0 Å². The zero-order chi connectivity index (χ0) is 15.6. The van der Waals surface area contributed by atoms with E-state index in [1.165, 1.54) is 51.4 Å². The van der Waals surface area contributed by atoms with Gasteiger partial charge in [-0.2, -0.15) is 5.10 Å². The van der Waals surface area contributed by atoms with Gasteiger partial charge in [0.2, 0.25) is 0 Å². The first kappa shape index (κ1) is 17.9. The molecule has 0 radical (unpaired) electrons. The van der Waals surface area contributed by atoms with Gasteiger partial charge in [0.25, 0.3) is 5.56 Å². The second-order valence-corrected chi connectivity index (χ2v) is 6.39. The van der Waals surface area contributed by atoms with Crippen molar-refractivity contribution in [1.29, 1.82) is 0 Å². The minimum Gasteiger partial charge on any atom is -0.268 e. The summed E-state index contributed by atoms with van der Waals surface area (Å²) < 4.78 is 1.73. The van der Waals surface area contributed by atoms with E-state index in [1.54, 1.807) is 23.0 Å². The molecule has 0 amide bonds. The quantitative estimate of drug-likeness (QED) is 0.544. The van der Waals surface area contributed by atoms with Gasteiger partial charge in [0.15, 0.2) is 0 Å². The number of hydrogen-bond acceptors (Lipinski definition) is 2. The molecule has 1 aromatic rings. The van der Waals surface area contributed by atoms with Crippen LogP contribution in [0.5, 0.6) is 0 Å². The van der Waals surface area contributed by atoms with Gasteiger partial charge in [-0.3, -0.25) is 4.79 Å².